The zero-order valence-corrected chi connectivity index (χ0v) is 20.8. The average molecular weight is 508 g/mol. The van der Waals surface area contributed by atoms with E-state index in [1.165, 1.54) is 13.1 Å². The van der Waals surface area contributed by atoms with Gasteiger partial charge in [0.15, 0.2) is 0 Å². The topological polar surface area (TPSA) is 136 Å². The predicted octanol–water partition coefficient (Wildman–Crippen LogP) is 2.74. The fourth-order valence-corrected chi connectivity index (χ4v) is 6.28. The van der Waals surface area contributed by atoms with Crippen LogP contribution in [0.1, 0.15) is 60.4 Å². The lowest BCUT2D eigenvalue weighted by Crippen LogP contribution is -2.28. The van der Waals surface area contributed by atoms with Crippen LogP contribution in [0.15, 0.2) is 45.8 Å². The number of halogens is 1. The number of nitriles is 1. The maximum atomic E-state index is 15.0. The number of aliphatic hydroxyl groups excluding tert-OH is 1. The van der Waals surface area contributed by atoms with Crippen LogP contribution in [0.3, 0.4) is 0 Å². The fraction of sp³-hybridized carbons (Fsp3) is 0.348. The number of aliphatic hydroxyl groups is 1. The van der Waals surface area contributed by atoms with Crippen molar-refractivity contribution in [1.82, 2.24) is 9.44 Å². The second-order valence-corrected chi connectivity index (χ2v) is 11.9. The third-order valence-electron chi connectivity index (χ3n) is 5.79. The average Bonchev–Trinajstić information content (AvgIpc) is 2.77. The molecule has 0 bridgehead atoms. The van der Waals surface area contributed by atoms with Crippen molar-refractivity contribution < 1.29 is 26.3 Å². The smallest absolute Gasteiger partial charge is 0.262 e. The SMILES string of the molecule is CNS(=O)(=O)c1ccc(S(=O)(=O)NC2=CC(C)c3cc(C#N)c(F)c(C(C)C)c3C2)c(CO)c1. The Balaban J connectivity index is 2.03. The molecule has 3 N–H and O–H groups in total. The second-order valence-electron chi connectivity index (χ2n) is 8.38. The molecule has 0 fully saturated rings. The monoisotopic (exact) mass is 507 g/mol. The van der Waals surface area contributed by atoms with Gasteiger partial charge in [-0.25, -0.2) is 25.9 Å². The minimum Gasteiger partial charge on any atom is -0.392 e. The zero-order valence-electron chi connectivity index (χ0n) is 19.2. The summed E-state index contributed by atoms with van der Waals surface area (Å²) in [4.78, 5) is -0.442. The third kappa shape index (κ3) is 4.72. The van der Waals surface area contributed by atoms with Crippen LogP contribution in [0.5, 0.6) is 0 Å². The van der Waals surface area contributed by atoms with Gasteiger partial charge in [0, 0.05) is 18.0 Å². The highest BCUT2D eigenvalue weighted by atomic mass is 32.2. The molecule has 1 aliphatic rings. The lowest BCUT2D eigenvalue weighted by Gasteiger charge is -2.27. The van der Waals surface area contributed by atoms with Gasteiger partial charge in [0.25, 0.3) is 10.0 Å². The Bertz CT molecular complexity index is 1430. The minimum absolute atomic E-state index is 0.0454. The van der Waals surface area contributed by atoms with Crippen molar-refractivity contribution in [1.29, 1.82) is 5.26 Å². The van der Waals surface area contributed by atoms with Gasteiger partial charge in [0.1, 0.15) is 11.9 Å². The molecule has 0 saturated carbocycles. The van der Waals surface area contributed by atoms with Crippen LogP contribution in [0.4, 0.5) is 4.39 Å². The Hall–Kier alpha value is -2.78. The Labute approximate surface area is 199 Å². The molecule has 0 spiro atoms. The lowest BCUT2D eigenvalue weighted by molar-refractivity contribution is 0.278. The van der Waals surface area contributed by atoms with Gasteiger partial charge in [-0.2, -0.15) is 5.26 Å². The first-order chi connectivity index (χ1) is 15.9. The van der Waals surface area contributed by atoms with E-state index < -0.39 is 32.5 Å². The molecule has 1 unspecified atom stereocenters. The summed E-state index contributed by atoms with van der Waals surface area (Å²) in [6.07, 6.45) is 1.80. The number of hydrogen-bond donors (Lipinski definition) is 3. The van der Waals surface area contributed by atoms with E-state index in [0.29, 0.717) is 16.8 Å². The van der Waals surface area contributed by atoms with Gasteiger partial charge >= 0.3 is 0 Å². The van der Waals surface area contributed by atoms with Crippen LogP contribution in [-0.2, 0) is 33.1 Å². The summed E-state index contributed by atoms with van der Waals surface area (Å²) in [5.74, 6) is -1.11. The first-order valence-corrected chi connectivity index (χ1v) is 13.5. The number of benzene rings is 2. The summed E-state index contributed by atoms with van der Waals surface area (Å²) in [6, 6.07) is 6.76. The van der Waals surface area contributed by atoms with Gasteiger partial charge in [0.05, 0.1) is 22.0 Å². The summed E-state index contributed by atoms with van der Waals surface area (Å²) in [5.41, 5.74) is 1.97. The summed E-state index contributed by atoms with van der Waals surface area (Å²) in [7, 11) is -6.80. The molecule has 34 heavy (non-hydrogen) atoms. The molecule has 1 atom stereocenters. The Morgan fingerprint density at radius 3 is 2.44 bits per heavy atom. The van der Waals surface area contributed by atoms with Crippen molar-refractivity contribution in [2.45, 2.75) is 55.4 Å². The molecule has 3 rings (SSSR count). The highest BCUT2D eigenvalue weighted by molar-refractivity contribution is 7.90. The number of fused-ring (bicyclic) bond motifs is 1. The van der Waals surface area contributed by atoms with Crippen molar-refractivity contribution in [2.24, 2.45) is 0 Å². The first-order valence-electron chi connectivity index (χ1n) is 10.5. The molecule has 0 saturated heterocycles. The molecule has 0 aromatic heterocycles. The first kappa shape index (κ1) is 25.8. The standard InChI is InChI=1S/C23H26FN3O5S2/c1-13(2)22-20-10-17(7-14(3)19(20)9-15(11-25)23(22)24)27-34(31,32)21-6-5-18(8-16(21)12-28)33(29,30)26-4/h5-9,13-14,26-28H,10,12H2,1-4H3. The van der Waals surface area contributed by atoms with E-state index in [1.807, 2.05) is 13.0 Å². The van der Waals surface area contributed by atoms with Crippen molar-refractivity contribution in [3.63, 3.8) is 0 Å². The largest absolute Gasteiger partial charge is 0.392 e. The molecular formula is C23H26FN3O5S2. The van der Waals surface area contributed by atoms with Gasteiger partial charge in [-0.3, -0.25) is 4.72 Å². The number of hydrogen-bond acceptors (Lipinski definition) is 6. The maximum absolute atomic E-state index is 15.0. The maximum Gasteiger partial charge on any atom is 0.262 e. The lowest BCUT2D eigenvalue weighted by atomic mass is 9.80. The van der Waals surface area contributed by atoms with Crippen LogP contribution in [-0.4, -0.2) is 29.0 Å². The Kier molecular flexibility index (Phi) is 7.19. The number of rotatable bonds is 7. The minimum atomic E-state index is -4.19. The summed E-state index contributed by atoms with van der Waals surface area (Å²) < 4.78 is 70.0. The summed E-state index contributed by atoms with van der Waals surface area (Å²) >= 11 is 0. The van der Waals surface area contributed by atoms with Crippen molar-refractivity contribution >= 4 is 20.0 Å². The van der Waals surface area contributed by atoms with Crippen LogP contribution in [0.25, 0.3) is 0 Å². The molecule has 0 radical (unpaired) electrons. The summed E-state index contributed by atoms with van der Waals surface area (Å²) in [6.45, 7) is 4.75. The quantitative estimate of drug-likeness (QED) is 0.527. The molecule has 182 valence electrons. The summed E-state index contributed by atoms with van der Waals surface area (Å²) in [5, 5.41) is 19.0. The Morgan fingerprint density at radius 2 is 1.88 bits per heavy atom. The van der Waals surface area contributed by atoms with E-state index >= 15 is 0 Å². The van der Waals surface area contributed by atoms with Crippen LogP contribution in [0.2, 0.25) is 0 Å². The fourth-order valence-electron chi connectivity index (χ4n) is 4.19. The number of allylic oxidation sites excluding steroid dienone is 2. The highest BCUT2D eigenvalue weighted by Crippen LogP contribution is 2.37. The van der Waals surface area contributed by atoms with E-state index in [1.54, 1.807) is 19.9 Å². The number of nitrogens with one attached hydrogen (secondary N) is 2. The normalized spacial score (nSPS) is 16.1. The molecule has 2 aromatic carbocycles. The van der Waals surface area contributed by atoms with Gasteiger partial charge in [-0.15, -0.1) is 0 Å². The van der Waals surface area contributed by atoms with Crippen LogP contribution >= 0.6 is 0 Å². The van der Waals surface area contributed by atoms with E-state index in [0.717, 1.165) is 23.8 Å². The Morgan fingerprint density at radius 1 is 1.21 bits per heavy atom. The van der Waals surface area contributed by atoms with E-state index in [2.05, 4.69) is 9.44 Å². The molecule has 0 amide bonds. The molecule has 0 heterocycles. The van der Waals surface area contributed by atoms with Crippen LogP contribution < -0.4 is 9.44 Å². The van der Waals surface area contributed by atoms with E-state index in [-0.39, 0.29) is 39.2 Å². The molecule has 8 nitrogen and oxygen atoms in total. The van der Waals surface area contributed by atoms with E-state index in [9.17, 15) is 31.6 Å². The van der Waals surface area contributed by atoms with Gasteiger partial charge < -0.3 is 5.11 Å². The number of sulfonamides is 2. The van der Waals surface area contributed by atoms with Crippen molar-refractivity contribution in [3.05, 3.63) is 69.7 Å². The molecule has 0 aliphatic heterocycles. The highest BCUT2D eigenvalue weighted by Gasteiger charge is 2.29. The van der Waals surface area contributed by atoms with E-state index in [4.69, 9.17) is 0 Å². The molecule has 2 aromatic rings. The van der Waals surface area contributed by atoms with Crippen LogP contribution in [0, 0.1) is 17.1 Å². The predicted molar refractivity (Wildman–Crippen MR) is 124 cm³/mol. The number of nitrogens with zero attached hydrogens (tertiary/aromatic N) is 1. The van der Waals surface area contributed by atoms with Crippen molar-refractivity contribution in [2.75, 3.05) is 7.05 Å². The third-order valence-corrected chi connectivity index (χ3v) is 8.71. The second kappa shape index (κ2) is 9.46. The zero-order chi connectivity index (χ0) is 25.4. The van der Waals surface area contributed by atoms with Gasteiger partial charge in [-0.1, -0.05) is 26.8 Å². The molecule has 1 aliphatic carbocycles. The molecule has 11 heteroatoms. The van der Waals surface area contributed by atoms with Crippen molar-refractivity contribution in [3.8, 4) is 6.07 Å². The molecular weight excluding hydrogens is 481 g/mol. The van der Waals surface area contributed by atoms with Gasteiger partial charge in [-0.05, 0) is 59.5 Å². The van der Waals surface area contributed by atoms with Gasteiger partial charge in [0.2, 0.25) is 10.0 Å².